The van der Waals surface area contributed by atoms with Crippen molar-refractivity contribution in [3.05, 3.63) is 42.0 Å². The van der Waals surface area contributed by atoms with Crippen LogP contribution in [0.4, 0.5) is 11.8 Å². The second-order valence-electron chi connectivity index (χ2n) is 7.38. The van der Waals surface area contributed by atoms with Crippen molar-refractivity contribution < 1.29 is 0 Å². The average molecular weight is 366 g/mol. The van der Waals surface area contributed by atoms with Crippen LogP contribution < -0.4 is 16.0 Å². The molecule has 0 bridgehead atoms. The van der Waals surface area contributed by atoms with E-state index in [1.165, 1.54) is 0 Å². The number of fused-ring (bicyclic) bond motifs is 1. The van der Waals surface area contributed by atoms with Crippen molar-refractivity contribution in [1.29, 1.82) is 0 Å². The summed E-state index contributed by atoms with van der Waals surface area (Å²) in [5.41, 5.74) is 7.91. The van der Waals surface area contributed by atoms with Crippen LogP contribution in [0.2, 0.25) is 0 Å². The van der Waals surface area contributed by atoms with E-state index >= 15 is 0 Å². The number of rotatable bonds is 7. The van der Waals surface area contributed by atoms with E-state index in [0.717, 1.165) is 61.2 Å². The highest BCUT2D eigenvalue weighted by atomic mass is 15.2. The summed E-state index contributed by atoms with van der Waals surface area (Å²) in [5, 5.41) is 11.9. The number of hydrogen-bond donors (Lipinski definition) is 2. The summed E-state index contributed by atoms with van der Waals surface area (Å²) >= 11 is 0. The molecule has 1 aliphatic rings. The molecular weight excluding hydrogens is 340 g/mol. The van der Waals surface area contributed by atoms with Crippen LogP contribution in [0.15, 0.2) is 30.5 Å². The van der Waals surface area contributed by atoms with Crippen molar-refractivity contribution in [3.8, 4) is 0 Å². The van der Waals surface area contributed by atoms with Crippen LogP contribution in [-0.4, -0.2) is 51.2 Å². The third kappa shape index (κ3) is 3.85. The van der Waals surface area contributed by atoms with Gasteiger partial charge in [0.25, 0.3) is 0 Å². The van der Waals surface area contributed by atoms with Crippen molar-refractivity contribution in [3.63, 3.8) is 0 Å². The predicted octanol–water partition coefficient (Wildman–Crippen LogP) is 1.83. The first-order valence-corrected chi connectivity index (χ1v) is 9.44. The SMILES string of the molecule is CN(C)c1nc(NCCCc2nnc3ccccn23)cc(C2CC(N)C2)n1. The number of anilines is 2. The Balaban J connectivity index is 1.38. The molecule has 27 heavy (non-hydrogen) atoms. The molecule has 1 aliphatic carbocycles. The van der Waals surface area contributed by atoms with Crippen LogP contribution in [0.3, 0.4) is 0 Å². The summed E-state index contributed by atoms with van der Waals surface area (Å²) in [4.78, 5) is 11.2. The van der Waals surface area contributed by atoms with E-state index in [4.69, 9.17) is 10.7 Å². The Labute approximate surface area is 158 Å². The van der Waals surface area contributed by atoms with E-state index in [1.54, 1.807) is 0 Å². The lowest BCUT2D eigenvalue weighted by atomic mass is 9.78. The van der Waals surface area contributed by atoms with E-state index in [2.05, 4.69) is 26.6 Å². The second-order valence-corrected chi connectivity index (χ2v) is 7.38. The van der Waals surface area contributed by atoms with Crippen molar-refractivity contribution in [2.45, 2.75) is 37.6 Å². The Morgan fingerprint density at radius 1 is 1.22 bits per heavy atom. The van der Waals surface area contributed by atoms with E-state index in [-0.39, 0.29) is 0 Å². The molecule has 0 spiro atoms. The normalized spacial score (nSPS) is 19.1. The molecule has 0 aromatic carbocycles. The van der Waals surface area contributed by atoms with Crippen LogP contribution >= 0.6 is 0 Å². The molecule has 3 N–H and O–H groups in total. The van der Waals surface area contributed by atoms with Gasteiger partial charge in [-0.05, 0) is 31.4 Å². The van der Waals surface area contributed by atoms with Crippen molar-refractivity contribution in [1.82, 2.24) is 24.6 Å². The standard InChI is InChI=1S/C19H26N8/c1-26(2)19-22-15(13-10-14(20)11-13)12-16(23-19)21-8-5-7-18-25-24-17-6-3-4-9-27(17)18/h3-4,6,9,12-14H,5,7-8,10-11,20H2,1-2H3,(H,21,22,23). The van der Waals surface area contributed by atoms with Gasteiger partial charge in [0.2, 0.25) is 5.95 Å². The molecule has 3 aromatic rings. The molecule has 0 amide bonds. The Bertz CT molecular complexity index is 913. The molecule has 8 heteroatoms. The van der Waals surface area contributed by atoms with Crippen LogP contribution in [0.5, 0.6) is 0 Å². The van der Waals surface area contributed by atoms with Gasteiger partial charge in [-0.25, -0.2) is 4.98 Å². The molecular formula is C19H26N8. The fraction of sp³-hybridized carbons (Fsp3) is 0.474. The van der Waals surface area contributed by atoms with Gasteiger partial charge in [-0.1, -0.05) is 6.07 Å². The molecule has 0 unspecified atom stereocenters. The van der Waals surface area contributed by atoms with Crippen molar-refractivity contribution in [2.24, 2.45) is 5.73 Å². The van der Waals surface area contributed by atoms with Crippen LogP contribution in [-0.2, 0) is 6.42 Å². The van der Waals surface area contributed by atoms with Gasteiger partial charge in [-0.2, -0.15) is 4.98 Å². The monoisotopic (exact) mass is 366 g/mol. The number of hydrogen-bond acceptors (Lipinski definition) is 7. The van der Waals surface area contributed by atoms with Crippen molar-refractivity contribution in [2.75, 3.05) is 30.9 Å². The van der Waals surface area contributed by atoms with Crippen molar-refractivity contribution >= 4 is 17.4 Å². The quantitative estimate of drug-likeness (QED) is 0.616. The first-order valence-electron chi connectivity index (χ1n) is 9.44. The number of aromatic nitrogens is 5. The Morgan fingerprint density at radius 3 is 2.85 bits per heavy atom. The maximum atomic E-state index is 5.94. The average Bonchev–Trinajstić information content (AvgIpc) is 3.05. The smallest absolute Gasteiger partial charge is 0.227 e. The largest absolute Gasteiger partial charge is 0.370 e. The highest BCUT2D eigenvalue weighted by molar-refractivity contribution is 5.44. The third-order valence-corrected chi connectivity index (χ3v) is 4.99. The first kappa shape index (κ1) is 17.7. The summed E-state index contributed by atoms with van der Waals surface area (Å²) in [6.45, 7) is 0.815. The lowest BCUT2D eigenvalue weighted by Gasteiger charge is -2.32. The zero-order chi connectivity index (χ0) is 18.8. The van der Waals surface area contributed by atoms with Gasteiger partial charge in [-0.3, -0.25) is 4.40 Å². The van der Waals surface area contributed by atoms with Gasteiger partial charge in [0.05, 0.1) is 5.69 Å². The Hall–Kier alpha value is -2.74. The molecule has 0 aliphatic heterocycles. The molecule has 0 atom stereocenters. The maximum Gasteiger partial charge on any atom is 0.227 e. The number of nitrogens with one attached hydrogen (secondary N) is 1. The molecule has 4 rings (SSSR count). The zero-order valence-corrected chi connectivity index (χ0v) is 15.8. The van der Waals surface area contributed by atoms with Gasteiger partial charge in [-0.15, -0.1) is 10.2 Å². The lowest BCUT2D eigenvalue weighted by Crippen LogP contribution is -2.35. The summed E-state index contributed by atoms with van der Waals surface area (Å²) in [6, 6.07) is 8.30. The molecule has 3 aromatic heterocycles. The fourth-order valence-corrected chi connectivity index (χ4v) is 3.38. The minimum absolute atomic E-state index is 0.308. The fourth-order valence-electron chi connectivity index (χ4n) is 3.38. The molecule has 0 radical (unpaired) electrons. The van der Waals surface area contributed by atoms with Crippen LogP contribution in [0.1, 0.15) is 36.7 Å². The van der Waals surface area contributed by atoms with Gasteiger partial charge in [0, 0.05) is 51.3 Å². The molecule has 1 fully saturated rings. The maximum absolute atomic E-state index is 5.94. The number of nitrogens with zero attached hydrogens (tertiary/aromatic N) is 6. The van der Waals surface area contributed by atoms with E-state index < -0.39 is 0 Å². The molecule has 0 saturated heterocycles. The first-order chi connectivity index (χ1) is 13.1. The molecule has 1 saturated carbocycles. The van der Waals surface area contributed by atoms with Gasteiger partial charge >= 0.3 is 0 Å². The summed E-state index contributed by atoms with van der Waals surface area (Å²) in [6.07, 6.45) is 5.81. The predicted molar refractivity (Wildman–Crippen MR) is 106 cm³/mol. The van der Waals surface area contributed by atoms with Crippen LogP contribution in [0.25, 0.3) is 5.65 Å². The Kier molecular flexibility index (Phi) is 4.89. The zero-order valence-electron chi connectivity index (χ0n) is 15.8. The number of nitrogens with two attached hydrogens (primary N) is 1. The minimum Gasteiger partial charge on any atom is -0.370 e. The highest BCUT2D eigenvalue weighted by Gasteiger charge is 2.29. The highest BCUT2D eigenvalue weighted by Crippen LogP contribution is 2.35. The summed E-state index contributed by atoms with van der Waals surface area (Å²) < 4.78 is 2.03. The van der Waals surface area contributed by atoms with E-state index in [1.807, 2.05) is 47.8 Å². The van der Waals surface area contributed by atoms with Crippen LogP contribution in [0, 0.1) is 0 Å². The summed E-state index contributed by atoms with van der Waals surface area (Å²) in [5.74, 6) is 3.03. The number of pyridine rings is 1. The van der Waals surface area contributed by atoms with Gasteiger partial charge in [0.15, 0.2) is 5.65 Å². The van der Waals surface area contributed by atoms with E-state index in [0.29, 0.717) is 12.0 Å². The summed E-state index contributed by atoms with van der Waals surface area (Å²) in [7, 11) is 3.93. The van der Waals surface area contributed by atoms with E-state index in [9.17, 15) is 0 Å². The topological polar surface area (TPSA) is 97.3 Å². The molecule has 142 valence electrons. The Morgan fingerprint density at radius 2 is 2.07 bits per heavy atom. The third-order valence-electron chi connectivity index (χ3n) is 4.99. The lowest BCUT2D eigenvalue weighted by molar-refractivity contribution is 0.345. The molecule has 8 nitrogen and oxygen atoms in total. The van der Waals surface area contributed by atoms with Gasteiger partial charge in [0.1, 0.15) is 11.6 Å². The molecule has 3 heterocycles. The minimum atomic E-state index is 0.308. The number of aryl methyl sites for hydroxylation is 1. The van der Waals surface area contributed by atoms with Gasteiger partial charge < -0.3 is 16.0 Å². The second kappa shape index (κ2) is 7.48.